The summed E-state index contributed by atoms with van der Waals surface area (Å²) in [5.74, 6) is -0.185. The highest BCUT2D eigenvalue weighted by Gasteiger charge is 2.47. The van der Waals surface area contributed by atoms with Gasteiger partial charge in [0.05, 0.1) is 31.4 Å². The molecule has 14 nitrogen and oxygen atoms in total. The molecule has 5 aromatic rings. The number of hydrogen-bond donors (Lipinski definition) is 5. The van der Waals surface area contributed by atoms with Crippen molar-refractivity contribution in [2.75, 3.05) is 12.0 Å². The van der Waals surface area contributed by atoms with Gasteiger partial charge in [-0.1, -0.05) is 41.6 Å². The Hall–Kier alpha value is -4.70. The number of amides is 3. The average molecular weight is 780 g/mol. The zero-order valence-electron chi connectivity index (χ0n) is 32.6. The topological polar surface area (TPSA) is 176 Å². The van der Waals surface area contributed by atoms with Gasteiger partial charge in [0.25, 0.3) is 0 Å². The van der Waals surface area contributed by atoms with E-state index < -0.39 is 29.2 Å². The highest BCUT2D eigenvalue weighted by molar-refractivity contribution is 7.98. The third-order valence-corrected chi connectivity index (χ3v) is 12.6. The van der Waals surface area contributed by atoms with Crippen LogP contribution in [0.1, 0.15) is 81.2 Å². The Labute approximate surface area is 330 Å². The molecule has 8 rings (SSSR count). The first-order valence-electron chi connectivity index (χ1n) is 19.5. The molecule has 1 fully saturated rings. The Morgan fingerprint density at radius 1 is 0.929 bits per heavy atom. The van der Waals surface area contributed by atoms with Crippen molar-refractivity contribution in [2.24, 2.45) is 0 Å². The monoisotopic (exact) mass is 779 g/mol. The largest absolute Gasteiger partial charge is 0.357 e. The molecule has 3 atom stereocenters. The SMILES string of the molecule is CSCC[C@@H](NC(=O)[C@@H]1Cc2c([nH]c3ccccc23)CN1C(=O)[C@@H]1Cc2c([nH]c3ccccc23)CN1)C(=O)NCc1cn(C2CC(C)(C)N([O])C(C)(C)C2)nn1. The number of piperidine rings is 1. The number of nitrogens with zero attached hydrogens (tertiary/aromatic N) is 5. The quantitative estimate of drug-likeness (QED) is 0.139. The lowest BCUT2D eigenvalue weighted by Crippen LogP contribution is -2.60. The highest BCUT2D eigenvalue weighted by atomic mass is 32.2. The maximum absolute atomic E-state index is 14.6. The first-order chi connectivity index (χ1) is 26.8. The van der Waals surface area contributed by atoms with Crippen LogP contribution < -0.4 is 16.0 Å². The van der Waals surface area contributed by atoms with Gasteiger partial charge in [-0.05, 0) is 88.6 Å². The molecule has 2 aromatic carbocycles. The van der Waals surface area contributed by atoms with Gasteiger partial charge in [-0.2, -0.15) is 11.8 Å². The summed E-state index contributed by atoms with van der Waals surface area (Å²) in [6, 6.07) is 13.9. The van der Waals surface area contributed by atoms with Crippen LogP contribution in [0.3, 0.4) is 0 Å². The predicted octanol–water partition coefficient (Wildman–Crippen LogP) is 4.30. The summed E-state index contributed by atoms with van der Waals surface area (Å²) >= 11 is 1.59. The fourth-order valence-electron chi connectivity index (χ4n) is 9.23. The molecule has 0 bridgehead atoms. The Morgan fingerprint density at radius 3 is 2.25 bits per heavy atom. The van der Waals surface area contributed by atoms with Crippen molar-refractivity contribution in [1.82, 2.24) is 50.9 Å². The van der Waals surface area contributed by atoms with E-state index in [0.29, 0.717) is 50.1 Å². The smallest absolute Gasteiger partial charge is 0.243 e. The number of hydrogen-bond acceptors (Lipinski definition) is 8. The number of benzene rings is 2. The third kappa shape index (κ3) is 7.21. The van der Waals surface area contributed by atoms with E-state index in [1.54, 1.807) is 21.3 Å². The molecule has 3 aromatic heterocycles. The summed E-state index contributed by atoms with van der Waals surface area (Å²) in [7, 11) is 0. The maximum atomic E-state index is 14.6. The summed E-state index contributed by atoms with van der Waals surface area (Å²) in [6.07, 6.45) is 6.27. The number of rotatable bonds is 10. The third-order valence-electron chi connectivity index (χ3n) is 11.9. The van der Waals surface area contributed by atoms with Crippen molar-refractivity contribution < 1.29 is 19.6 Å². The van der Waals surface area contributed by atoms with Crippen LogP contribution >= 0.6 is 11.8 Å². The minimum Gasteiger partial charge on any atom is -0.357 e. The molecule has 15 heteroatoms. The summed E-state index contributed by atoms with van der Waals surface area (Å²) in [5.41, 5.74) is 5.60. The number of thioether (sulfide) groups is 1. The number of carbonyl (C=O) groups is 3. The van der Waals surface area contributed by atoms with Crippen LogP contribution in [0.4, 0.5) is 0 Å². The lowest BCUT2D eigenvalue weighted by atomic mass is 9.79. The second kappa shape index (κ2) is 15.0. The number of carbonyl (C=O) groups excluding carboxylic acids is 3. The van der Waals surface area contributed by atoms with Crippen LogP contribution in [0, 0.1) is 0 Å². The molecule has 0 aliphatic carbocycles. The van der Waals surface area contributed by atoms with E-state index in [0.717, 1.165) is 44.3 Å². The van der Waals surface area contributed by atoms with E-state index >= 15 is 0 Å². The van der Waals surface area contributed by atoms with Crippen molar-refractivity contribution in [3.8, 4) is 0 Å². The standard InChI is InChI=1S/C41H51N10O4S/c1-40(2)18-25(19-41(3,4)51(40)55)50-22-24(47-48-50)20-43-37(52)32(14-15-56-5)46-38(53)36-17-29-27-11-7-9-13-31(27)45-35(29)23-49(36)39(54)33-16-28-26-10-6-8-12-30(26)44-34(28)21-42-33/h6-13,22,25,32-33,36,42,44-45H,14-21,23H2,1-5H3,(H,43,52)(H,46,53)/t32-,33+,36+/m1/s1. The van der Waals surface area contributed by atoms with Crippen LogP contribution in [0.15, 0.2) is 54.7 Å². The molecular formula is C41H51N10O4S. The van der Waals surface area contributed by atoms with Crippen LogP contribution in [0.25, 0.3) is 21.8 Å². The van der Waals surface area contributed by atoms with Crippen molar-refractivity contribution in [1.29, 1.82) is 0 Å². The van der Waals surface area contributed by atoms with E-state index in [-0.39, 0.29) is 36.9 Å². The van der Waals surface area contributed by atoms with E-state index in [9.17, 15) is 19.6 Å². The first kappa shape index (κ1) is 38.2. The van der Waals surface area contributed by atoms with Crippen molar-refractivity contribution in [2.45, 2.75) is 115 Å². The number of hydroxylamine groups is 2. The Kier molecular flexibility index (Phi) is 10.2. The van der Waals surface area contributed by atoms with Gasteiger partial charge in [-0.25, -0.2) is 4.68 Å². The molecule has 3 amide bonds. The Balaban J connectivity index is 0.994. The molecule has 5 N–H and O–H groups in total. The number of para-hydroxylation sites is 2. The van der Waals surface area contributed by atoms with Crippen molar-refractivity contribution in [3.63, 3.8) is 0 Å². The molecule has 0 spiro atoms. The molecule has 0 unspecified atom stereocenters. The van der Waals surface area contributed by atoms with E-state index in [4.69, 9.17) is 0 Å². The normalized spacial score (nSPS) is 21.4. The van der Waals surface area contributed by atoms with Crippen LogP contribution in [-0.2, 0) is 52.1 Å². The zero-order valence-corrected chi connectivity index (χ0v) is 33.5. The highest BCUT2D eigenvalue weighted by Crippen LogP contribution is 2.42. The lowest BCUT2D eigenvalue weighted by molar-refractivity contribution is -0.293. The summed E-state index contributed by atoms with van der Waals surface area (Å²) in [4.78, 5) is 51.5. The van der Waals surface area contributed by atoms with Gasteiger partial charge in [0.1, 0.15) is 17.8 Å². The first-order valence-corrected chi connectivity index (χ1v) is 20.9. The molecular weight excluding hydrogens is 729 g/mol. The second-order valence-electron chi connectivity index (χ2n) is 16.8. The summed E-state index contributed by atoms with van der Waals surface area (Å²) < 4.78 is 1.80. The summed E-state index contributed by atoms with van der Waals surface area (Å²) in [6.45, 7) is 8.69. The maximum Gasteiger partial charge on any atom is 0.243 e. The average Bonchev–Trinajstić information content (AvgIpc) is 3.91. The van der Waals surface area contributed by atoms with Gasteiger partial charge in [-0.15, -0.1) is 15.4 Å². The predicted molar refractivity (Wildman–Crippen MR) is 215 cm³/mol. The minimum atomic E-state index is -0.823. The van der Waals surface area contributed by atoms with Gasteiger partial charge >= 0.3 is 0 Å². The second-order valence-corrected chi connectivity index (χ2v) is 17.8. The number of H-pyrrole nitrogens is 2. The molecule has 3 aliphatic heterocycles. The number of fused-ring (bicyclic) bond motifs is 6. The van der Waals surface area contributed by atoms with Gasteiger partial charge < -0.3 is 25.5 Å². The van der Waals surface area contributed by atoms with Gasteiger partial charge in [0, 0.05) is 57.2 Å². The van der Waals surface area contributed by atoms with Crippen LogP contribution in [0.5, 0.6) is 0 Å². The van der Waals surface area contributed by atoms with Gasteiger partial charge in [0.15, 0.2) is 0 Å². The fraction of sp³-hybridized carbons (Fsp3) is 0.488. The van der Waals surface area contributed by atoms with Crippen molar-refractivity contribution >= 4 is 51.3 Å². The van der Waals surface area contributed by atoms with E-state index in [1.807, 2.05) is 82.6 Å². The molecule has 0 saturated carbocycles. The van der Waals surface area contributed by atoms with Crippen molar-refractivity contribution in [3.05, 3.63) is 82.9 Å². The molecule has 1 radical (unpaired) electrons. The Bertz CT molecular complexity index is 2260. The molecule has 3 aliphatic rings. The Morgan fingerprint density at radius 2 is 1.57 bits per heavy atom. The zero-order chi connectivity index (χ0) is 39.4. The number of nitrogens with one attached hydrogen (secondary N) is 5. The number of aromatic nitrogens is 5. The van der Waals surface area contributed by atoms with Gasteiger partial charge in [-0.3, -0.25) is 19.7 Å². The lowest BCUT2D eigenvalue weighted by Gasteiger charge is -2.49. The summed E-state index contributed by atoms with van der Waals surface area (Å²) in [5, 5.41) is 34.4. The van der Waals surface area contributed by atoms with Gasteiger partial charge in [0.2, 0.25) is 17.7 Å². The fourth-order valence-corrected chi connectivity index (χ4v) is 9.71. The minimum absolute atomic E-state index is 0.0113. The van der Waals surface area contributed by atoms with Crippen LogP contribution in [0.2, 0.25) is 0 Å². The molecule has 295 valence electrons. The van der Waals surface area contributed by atoms with Crippen LogP contribution in [-0.4, -0.2) is 93.9 Å². The molecule has 6 heterocycles. The van der Waals surface area contributed by atoms with E-state index in [2.05, 4.69) is 42.3 Å². The molecule has 56 heavy (non-hydrogen) atoms. The molecule has 1 saturated heterocycles. The van der Waals surface area contributed by atoms with E-state index in [1.165, 1.54) is 5.06 Å². The number of aromatic amines is 2.